The monoisotopic (exact) mass is 197 g/mol. The largest absolute Gasteiger partial charge is 0.344 e. The number of rotatable bonds is 2. The summed E-state index contributed by atoms with van der Waals surface area (Å²) >= 11 is 0. The molecule has 1 aromatic heterocycles. The van der Waals surface area contributed by atoms with Crippen LogP contribution in [0.25, 0.3) is 10.9 Å². The molecule has 0 radical (unpaired) electrons. The Morgan fingerprint density at radius 1 is 1.33 bits per heavy atom. The van der Waals surface area contributed by atoms with Crippen LogP contribution >= 0.6 is 0 Å². The summed E-state index contributed by atoms with van der Waals surface area (Å²) in [5.74, 6) is 0. The summed E-state index contributed by atoms with van der Waals surface area (Å²) in [7, 11) is 0. The van der Waals surface area contributed by atoms with E-state index in [4.69, 9.17) is 0 Å². The highest BCUT2D eigenvalue weighted by molar-refractivity contribution is 5.86. The first-order chi connectivity index (χ1) is 7.42. The van der Waals surface area contributed by atoms with Crippen molar-refractivity contribution in [2.75, 3.05) is 0 Å². The molecule has 0 aliphatic carbocycles. The number of hydrogen-bond acceptors (Lipinski definition) is 0. The Labute approximate surface area is 90.0 Å². The van der Waals surface area contributed by atoms with Crippen molar-refractivity contribution in [3.05, 3.63) is 48.2 Å². The second-order valence-corrected chi connectivity index (χ2v) is 4.19. The highest BCUT2D eigenvalue weighted by Crippen LogP contribution is 2.31. The Bertz CT molecular complexity index is 519. The number of hydrogen-bond donors (Lipinski definition) is 0. The first-order valence-corrected chi connectivity index (χ1v) is 5.61. The zero-order valence-electron chi connectivity index (χ0n) is 8.87. The molecule has 0 amide bonds. The highest BCUT2D eigenvalue weighted by atomic mass is 15.0. The van der Waals surface area contributed by atoms with E-state index in [9.17, 15) is 0 Å². The fraction of sp³-hybridized carbons (Fsp3) is 0.286. The number of para-hydroxylation sites is 1. The Kier molecular flexibility index (Phi) is 1.91. The van der Waals surface area contributed by atoms with Gasteiger partial charge in [-0.05, 0) is 30.9 Å². The fourth-order valence-electron chi connectivity index (χ4n) is 2.75. The van der Waals surface area contributed by atoms with Crippen LogP contribution in [0.15, 0.2) is 36.9 Å². The van der Waals surface area contributed by atoms with E-state index < -0.39 is 0 Å². The van der Waals surface area contributed by atoms with Crippen LogP contribution in [-0.2, 0) is 19.4 Å². The summed E-state index contributed by atoms with van der Waals surface area (Å²) < 4.78 is 2.48. The van der Waals surface area contributed by atoms with Crippen LogP contribution in [0, 0.1) is 0 Å². The van der Waals surface area contributed by atoms with Crippen LogP contribution < -0.4 is 0 Å². The average molecular weight is 197 g/mol. The number of nitrogens with zero attached hydrogens (tertiary/aromatic N) is 1. The van der Waals surface area contributed by atoms with E-state index in [1.165, 1.54) is 41.5 Å². The van der Waals surface area contributed by atoms with Gasteiger partial charge in [0.25, 0.3) is 0 Å². The molecule has 1 heteroatoms. The van der Waals surface area contributed by atoms with Gasteiger partial charge in [-0.3, -0.25) is 0 Å². The van der Waals surface area contributed by atoms with E-state index in [1.54, 1.807) is 0 Å². The molecule has 0 unspecified atom stereocenters. The van der Waals surface area contributed by atoms with Gasteiger partial charge in [-0.1, -0.05) is 24.3 Å². The van der Waals surface area contributed by atoms with Crippen LogP contribution in [-0.4, -0.2) is 4.57 Å². The minimum Gasteiger partial charge on any atom is -0.344 e. The Morgan fingerprint density at radius 3 is 3.07 bits per heavy atom. The first kappa shape index (κ1) is 8.78. The van der Waals surface area contributed by atoms with Gasteiger partial charge < -0.3 is 4.57 Å². The fourth-order valence-corrected chi connectivity index (χ4v) is 2.75. The minimum atomic E-state index is 1.00. The van der Waals surface area contributed by atoms with E-state index in [-0.39, 0.29) is 0 Å². The van der Waals surface area contributed by atoms with Gasteiger partial charge in [0.15, 0.2) is 0 Å². The maximum atomic E-state index is 3.86. The minimum absolute atomic E-state index is 1.00. The van der Waals surface area contributed by atoms with E-state index in [1.807, 2.05) is 6.08 Å². The molecule has 0 atom stereocenters. The lowest BCUT2D eigenvalue weighted by molar-refractivity contribution is 0.772. The topological polar surface area (TPSA) is 4.93 Å². The molecule has 0 fully saturated rings. The Hall–Kier alpha value is -1.50. The third-order valence-electron chi connectivity index (χ3n) is 3.34. The molecule has 1 aliphatic rings. The molecule has 2 aromatic rings. The van der Waals surface area contributed by atoms with E-state index >= 15 is 0 Å². The first-order valence-electron chi connectivity index (χ1n) is 5.61. The van der Waals surface area contributed by atoms with Gasteiger partial charge >= 0.3 is 0 Å². The average Bonchev–Trinajstić information content (AvgIpc) is 2.82. The van der Waals surface area contributed by atoms with Gasteiger partial charge in [0, 0.05) is 23.1 Å². The molecule has 2 heterocycles. The molecule has 3 rings (SSSR count). The third-order valence-corrected chi connectivity index (χ3v) is 3.34. The molecule has 1 nitrogen and oxygen atoms in total. The van der Waals surface area contributed by atoms with E-state index in [2.05, 4.69) is 35.4 Å². The molecular formula is C14H15N. The summed E-state index contributed by atoms with van der Waals surface area (Å²) in [4.78, 5) is 0. The van der Waals surface area contributed by atoms with Gasteiger partial charge in [-0.2, -0.15) is 0 Å². The SMILES string of the molecule is C=CCc1c2n(c3ccccc13)CCC2. The van der Waals surface area contributed by atoms with Crippen molar-refractivity contribution >= 4 is 10.9 Å². The lowest BCUT2D eigenvalue weighted by Gasteiger charge is -1.98. The van der Waals surface area contributed by atoms with Crippen LogP contribution in [0.1, 0.15) is 17.7 Å². The second kappa shape index (κ2) is 3.27. The Balaban J connectivity index is 2.35. The van der Waals surface area contributed by atoms with Gasteiger partial charge in [0.2, 0.25) is 0 Å². The smallest absolute Gasteiger partial charge is 0.0485 e. The molecule has 1 aliphatic heterocycles. The summed E-state index contributed by atoms with van der Waals surface area (Å²) in [6.07, 6.45) is 5.55. The number of benzene rings is 1. The third kappa shape index (κ3) is 1.16. The normalized spacial score (nSPS) is 14.4. The van der Waals surface area contributed by atoms with Crippen molar-refractivity contribution in [2.24, 2.45) is 0 Å². The molecule has 15 heavy (non-hydrogen) atoms. The molecule has 0 saturated heterocycles. The molecule has 0 saturated carbocycles. The quantitative estimate of drug-likeness (QED) is 0.651. The number of fused-ring (bicyclic) bond motifs is 3. The maximum Gasteiger partial charge on any atom is 0.0485 e. The van der Waals surface area contributed by atoms with E-state index in [0.717, 1.165) is 6.42 Å². The van der Waals surface area contributed by atoms with Gasteiger partial charge in [0.1, 0.15) is 0 Å². The van der Waals surface area contributed by atoms with Gasteiger partial charge in [0.05, 0.1) is 0 Å². The maximum absolute atomic E-state index is 3.86. The molecule has 0 N–H and O–H groups in total. The summed E-state index contributed by atoms with van der Waals surface area (Å²) in [5, 5.41) is 1.42. The number of aryl methyl sites for hydroxylation is 1. The molecule has 76 valence electrons. The molecule has 0 spiro atoms. The number of allylic oxidation sites excluding steroid dienone is 1. The number of aromatic nitrogens is 1. The zero-order valence-corrected chi connectivity index (χ0v) is 8.87. The van der Waals surface area contributed by atoms with Crippen molar-refractivity contribution < 1.29 is 0 Å². The van der Waals surface area contributed by atoms with Crippen molar-refractivity contribution in [1.29, 1.82) is 0 Å². The van der Waals surface area contributed by atoms with Crippen LogP contribution in [0.2, 0.25) is 0 Å². The predicted molar refractivity (Wildman–Crippen MR) is 64.2 cm³/mol. The molecular weight excluding hydrogens is 182 g/mol. The summed E-state index contributed by atoms with van der Waals surface area (Å²) in [5.41, 5.74) is 4.44. The van der Waals surface area contributed by atoms with Gasteiger partial charge in [-0.15, -0.1) is 6.58 Å². The summed E-state index contributed by atoms with van der Waals surface area (Å²) in [6, 6.07) is 8.73. The standard InChI is InChI=1S/C14H15N/c1-2-6-11-12-7-3-4-8-13(12)15-10-5-9-14(11)15/h2-4,7-8H,1,5-6,9-10H2. The Morgan fingerprint density at radius 2 is 2.20 bits per heavy atom. The van der Waals surface area contributed by atoms with Crippen molar-refractivity contribution in [3.63, 3.8) is 0 Å². The van der Waals surface area contributed by atoms with Crippen molar-refractivity contribution in [1.82, 2.24) is 4.57 Å². The van der Waals surface area contributed by atoms with Crippen LogP contribution in [0.4, 0.5) is 0 Å². The predicted octanol–water partition coefficient (Wildman–Crippen LogP) is 3.32. The molecule has 0 bridgehead atoms. The lowest BCUT2D eigenvalue weighted by atomic mass is 10.1. The van der Waals surface area contributed by atoms with E-state index in [0.29, 0.717) is 0 Å². The highest BCUT2D eigenvalue weighted by Gasteiger charge is 2.19. The lowest BCUT2D eigenvalue weighted by Crippen LogP contribution is -1.91. The van der Waals surface area contributed by atoms with Crippen molar-refractivity contribution in [3.8, 4) is 0 Å². The zero-order chi connectivity index (χ0) is 10.3. The second-order valence-electron chi connectivity index (χ2n) is 4.19. The van der Waals surface area contributed by atoms with Crippen LogP contribution in [0.3, 0.4) is 0 Å². The molecule has 1 aromatic carbocycles. The van der Waals surface area contributed by atoms with Crippen LogP contribution in [0.5, 0.6) is 0 Å². The summed E-state index contributed by atoms with van der Waals surface area (Å²) in [6.45, 7) is 5.05. The van der Waals surface area contributed by atoms with Gasteiger partial charge in [-0.25, -0.2) is 0 Å². The van der Waals surface area contributed by atoms with Crippen molar-refractivity contribution in [2.45, 2.75) is 25.8 Å².